The summed E-state index contributed by atoms with van der Waals surface area (Å²) in [6, 6.07) is 10.3. The fraction of sp³-hybridized carbons (Fsp3) is 0.385. The van der Waals surface area contributed by atoms with Gasteiger partial charge < -0.3 is 4.74 Å². The van der Waals surface area contributed by atoms with Gasteiger partial charge in [-0.25, -0.2) is 0 Å². The third kappa shape index (κ3) is 4.83. The average molecular weight is 190 g/mol. The Morgan fingerprint density at radius 1 is 1.14 bits per heavy atom. The lowest BCUT2D eigenvalue weighted by atomic mass is 10.2. The molecule has 0 saturated heterocycles. The van der Waals surface area contributed by atoms with Crippen molar-refractivity contribution in [2.24, 2.45) is 0 Å². The molecular weight excluding hydrogens is 172 g/mol. The summed E-state index contributed by atoms with van der Waals surface area (Å²) in [5.74, 6) is 0. The lowest BCUT2D eigenvalue weighted by Gasteiger charge is -2.01. The Labute approximate surface area is 86.4 Å². The highest BCUT2D eigenvalue weighted by Crippen LogP contribution is 2.00. The number of allylic oxidation sites excluding steroid dienone is 1. The molecule has 1 aromatic rings. The van der Waals surface area contributed by atoms with E-state index in [2.05, 4.69) is 31.2 Å². The molecule has 0 saturated carbocycles. The molecule has 0 aliphatic heterocycles. The van der Waals surface area contributed by atoms with Gasteiger partial charge in [-0.1, -0.05) is 49.4 Å². The van der Waals surface area contributed by atoms with Crippen molar-refractivity contribution >= 4 is 0 Å². The zero-order valence-electron chi connectivity index (χ0n) is 8.78. The number of rotatable bonds is 6. The quantitative estimate of drug-likeness (QED) is 0.492. The van der Waals surface area contributed by atoms with Crippen molar-refractivity contribution in [3.8, 4) is 0 Å². The van der Waals surface area contributed by atoms with Gasteiger partial charge in [-0.2, -0.15) is 0 Å². The van der Waals surface area contributed by atoms with Crippen molar-refractivity contribution in [3.63, 3.8) is 0 Å². The monoisotopic (exact) mass is 190 g/mol. The van der Waals surface area contributed by atoms with E-state index in [1.165, 1.54) is 5.56 Å². The van der Waals surface area contributed by atoms with E-state index in [4.69, 9.17) is 4.74 Å². The summed E-state index contributed by atoms with van der Waals surface area (Å²) in [5, 5.41) is 0. The van der Waals surface area contributed by atoms with E-state index in [-0.39, 0.29) is 0 Å². The van der Waals surface area contributed by atoms with Gasteiger partial charge >= 0.3 is 0 Å². The molecule has 0 aliphatic rings. The fourth-order valence-corrected chi connectivity index (χ4v) is 1.20. The second-order valence-electron chi connectivity index (χ2n) is 3.21. The Hall–Kier alpha value is -1.08. The summed E-state index contributed by atoms with van der Waals surface area (Å²) in [5.41, 5.74) is 1.24. The van der Waals surface area contributed by atoms with Gasteiger partial charge in [0.1, 0.15) is 0 Å². The van der Waals surface area contributed by atoms with E-state index < -0.39 is 0 Å². The minimum Gasteiger partial charge on any atom is -0.376 e. The molecular formula is C13H18O. The second kappa shape index (κ2) is 7.34. The molecule has 0 radical (unpaired) electrons. The molecule has 0 fully saturated rings. The standard InChI is InChI=1S/C13H18O/c1-2-3-4-8-11-14-12-13-9-6-5-7-10-13/h3-7,9-10H,2,8,11-12H2,1H3/b4-3+. The summed E-state index contributed by atoms with van der Waals surface area (Å²) in [6.45, 7) is 3.67. The number of hydrogen-bond donors (Lipinski definition) is 0. The summed E-state index contributed by atoms with van der Waals surface area (Å²) in [6.07, 6.45) is 6.47. The molecule has 14 heavy (non-hydrogen) atoms. The van der Waals surface area contributed by atoms with Crippen LogP contribution in [0.3, 0.4) is 0 Å². The SMILES string of the molecule is CC/C=C/CCOCc1ccccc1. The molecule has 1 aromatic carbocycles. The molecule has 76 valence electrons. The predicted octanol–water partition coefficient (Wildman–Crippen LogP) is 3.56. The minimum atomic E-state index is 0.723. The summed E-state index contributed by atoms with van der Waals surface area (Å²) < 4.78 is 5.52. The van der Waals surface area contributed by atoms with Crippen molar-refractivity contribution in [2.75, 3.05) is 6.61 Å². The Kier molecular flexibility index (Phi) is 5.76. The topological polar surface area (TPSA) is 9.23 Å². The van der Waals surface area contributed by atoms with E-state index in [1.807, 2.05) is 18.2 Å². The van der Waals surface area contributed by atoms with Crippen molar-refractivity contribution in [3.05, 3.63) is 48.0 Å². The highest BCUT2D eigenvalue weighted by atomic mass is 16.5. The number of ether oxygens (including phenoxy) is 1. The predicted molar refractivity (Wildman–Crippen MR) is 60.1 cm³/mol. The Bertz CT molecular complexity index is 251. The molecule has 1 rings (SSSR count). The highest BCUT2D eigenvalue weighted by molar-refractivity contribution is 5.13. The maximum atomic E-state index is 5.52. The first-order chi connectivity index (χ1) is 6.93. The van der Waals surface area contributed by atoms with E-state index in [0.717, 1.165) is 26.1 Å². The van der Waals surface area contributed by atoms with E-state index in [0.29, 0.717) is 0 Å². The van der Waals surface area contributed by atoms with Crippen LogP contribution in [0.15, 0.2) is 42.5 Å². The largest absolute Gasteiger partial charge is 0.376 e. The second-order valence-corrected chi connectivity index (χ2v) is 3.21. The minimum absolute atomic E-state index is 0.723. The zero-order chi connectivity index (χ0) is 10.1. The Balaban J connectivity index is 2.07. The van der Waals surface area contributed by atoms with E-state index in [1.54, 1.807) is 0 Å². The molecule has 0 bridgehead atoms. The molecule has 0 amide bonds. The molecule has 1 nitrogen and oxygen atoms in total. The first-order valence-electron chi connectivity index (χ1n) is 5.20. The molecule has 1 heteroatoms. The summed E-state index contributed by atoms with van der Waals surface area (Å²) in [7, 11) is 0. The lowest BCUT2D eigenvalue weighted by Crippen LogP contribution is -1.93. The van der Waals surface area contributed by atoms with Crippen molar-refractivity contribution in [2.45, 2.75) is 26.4 Å². The highest BCUT2D eigenvalue weighted by Gasteiger charge is 1.89. The molecule has 0 unspecified atom stereocenters. The van der Waals surface area contributed by atoms with Crippen molar-refractivity contribution < 1.29 is 4.74 Å². The maximum Gasteiger partial charge on any atom is 0.0717 e. The average Bonchev–Trinajstić information content (AvgIpc) is 2.25. The van der Waals surface area contributed by atoms with Crippen LogP contribution in [0.2, 0.25) is 0 Å². The van der Waals surface area contributed by atoms with Crippen LogP contribution in [0.5, 0.6) is 0 Å². The van der Waals surface area contributed by atoms with Crippen LogP contribution in [0.1, 0.15) is 25.3 Å². The van der Waals surface area contributed by atoms with Crippen LogP contribution in [-0.4, -0.2) is 6.61 Å². The fourth-order valence-electron chi connectivity index (χ4n) is 1.20. The molecule has 0 heterocycles. The van der Waals surface area contributed by atoms with Crippen LogP contribution in [0.4, 0.5) is 0 Å². The molecule has 0 atom stereocenters. The van der Waals surface area contributed by atoms with Crippen molar-refractivity contribution in [1.82, 2.24) is 0 Å². The maximum absolute atomic E-state index is 5.52. The van der Waals surface area contributed by atoms with E-state index >= 15 is 0 Å². The van der Waals surface area contributed by atoms with Gasteiger partial charge in [0, 0.05) is 0 Å². The normalized spacial score (nSPS) is 10.9. The van der Waals surface area contributed by atoms with Crippen molar-refractivity contribution in [1.29, 1.82) is 0 Å². The number of benzene rings is 1. The van der Waals surface area contributed by atoms with Crippen LogP contribution < -0.4 is 0 Å². The van der Waals surface area contributed by atoms with Gasteiger partial charge in [0.15, 0.2) is 0 Å². The lowest BCUT2D eigenvalue weighted by molar-refractivity contribution is 0.125. The van der Waals surface area contributed by atoms with Gasteiger partial charge in [-0.05, 0) is 18.4 Å². The first-order valence-corrected chi connectivity index (χ1v) is 5.20. The van der Waals surface area contributed by atoms with Gasteiger partial charge in [-0.15, -0.1) is 0 Å². The zero-order valence-corrected chi connectivity index (χ0v) is 8.78. The Morgan fingerprint density at radius 2 is 1.93 bits per heavy atom. The summed E-state index contributed by atoms with van der Waals surface area (Å²) >= 11 is 0. The van der Waals surface area contributed by atoms with Gasteiger partial charge in [0.25, 0.3) is 0 Å². The molecule has 0 spiro atoms. The van der Waals surface area contributed by atoms with Gasteiger partial charge in [-0.3, -0.25) is 0 Å². The number of hydrogen-bond acceptors (Lipinski definition) is 1. The van der Waals surface area contributed by atoms with Crippen LogP contribution >= 0.6 is 0 Å². The van der Waals surface area contributed by atoms with Crippen LogP contribution in [0, 0.1) is 0 Å². The molecule has 0 aliphatic carbocycles. The summed E-state index contributed by atoms with van der Waals surface area (Å²) in [4.78, 5) is 0. The van der Waals surface area contributed by atoms with Crippen LogP contribution in [-0.2, 0) is 11.3 Å². The van der Waals surface area contributed by atoms with Crippen LogP contribution in [0.25, 0.3) is 0 Å². The third-order valence-electron chi connectivity index (χ3n) is 1.94. The van der Waals surface area contributed by atoms with Gasteiger partial charge in [0.05, 0.1) is 13.2 Å². The third-order valence-corrected chi connectivity index (χ3v) is 1.94. The first kappa shape index (κ1) is 11.0. The van der Waals surface area contributed by atoms with E-state index in [9.17, 15) is 0 Å². The Morgan fingerprint density at radius 3 is 2.64 bits per heavy atom. The smallest absolute Gasteiger partial charge is 0.0717 e. The van der Waals surface area contributed by atoms with Gasteiger partial charge in [0.2, 0.25) is 0 Å². The molecule has 0 N–H and O–H groups in total. The molecule has 0 aromatic heterocycles.